The van der Waals surface area contributed by atoms with Gasteiger partial charge in [-0.1, -0.05) is 11.6 Å². The third-order valence-electron chi connectivity index (χ3n) is 3.12. The number of hydrogen-bond donors (Lipinski definition) is 1. The fraction of sp³-hybridized carbons (Fsp3) is 0.357. The van der Waals surface area contributed by atoms with E-state index in [0.29, 0.717) is 23.7 Å². The zero-order valence-corrected chi connectivity index (χ0v) is 12.3. The van der Waals surface area contributed by atoms with Gasteiger partial charge in [0, 0.05) is 31.6 Å². The van der Waals surface area contributed by atoms with Crippen LogP contribution < -0.4 is 5.32 Å². The van der Waals surface area contributed by atoms with E-state index in [1.165, 1.54) is 19.2 Å². The SMILES string of the molecule is COCCNC(=O)CCN1C(=O)c2ccc(Cl)cc2C1=O. The summed E-state index contributed by atoms with van der Waals surface area (Å²) in [7, 11) is 1.54. The number of fused-ring (bicyclic) bond motifs is 1. The maximum absolute atomic E-state index is 12.1. The van der Waals surface area contributed by atoms with Crippen LogP contribution in [0.3, 0.4) is 0 Å². The number of hydrogen-bond acceptors (Lipinski definition) is 4. The van der Waals surface area contributed by atoms with Crippen LogP contribution in [-0.2, 0) is 9.53 Å². The smallest absolute Gasteiger partial charge is 0.261 e. The van der Waals surface area contributed by atoms with Gasteiger partial charge >= 0.3 is 0 Å². The average molecular weight is 311 g/mol. The molecule has 1 aliphatic rings. The van der Waals surface area contributed by atoms with Crippen LogP contribution in [0.5, 0.6) is 0 Å². The first-order chi connectivity index (χ1) is 10.0. The van der Waals surface area contributed by atoms with Crippen molar-refractivity contribution < 1.29 is 19.1 Å². The molecular weight excluding hydrogens is 296 g/mol. The van der Waals surface area contributed by atoms with Crippen LogP contribution in [0, 0.1) is 0 Å². The summed E-state index contributed by atoms with van der Waals surface area (Å²) in [5.41, 5.74) is 0.608. The zero-order chi connectivity index (χ0) is 15.4. The van der Waals surface area contributed by atoms with Crippen LogP contribution in [0.4, 0.5) is 0 Å². The van der Waals surface area contributed by atoms with Gasteiger partial charge in [-0.2, -0.15) is 0 Å². The average Bonchev–Trinajstić information content (AvgIpc) is 2.69. The summed E-state index contributed by atoms with van der Waals surface area (Å²) in [4.78, 5) is 36.9. The zero-order valence-electron chi connectivity index (χ0n) is 11.5. The Morgan fingerprint density at radius 3 is 2.71 bits per heavy atom. The highest BCUT2D eigenvalue weighted by Crippen LogP contribution is 2.25. The van der Waals surface area contributed by atoms with Gasteiger partial charge in [0.25, 0.3) is 11.8 Å². The summed E-state index contributed by atoms with van der Waals surface area (Å²) < 4.78 is 4.81. The lowest BCUT2D eigenvalue weighted by Gasteiger charge is -2.13. The van der Waals surface area contributed by atoms with Gasteiger partial charge in [-0.15, -0.1) is 0 Å². The molecular formula is C14H15ClN2O4. The van der Waals surface area contributed by atoms with E-state index >= 15 is 0 Å². The summed E-state index contributed by atoms with van der Waals surface area (Å²) in [5, 5.41) is 3.03. The van der Waals surface area contributed by atoms with E-state index < -0.39 is 11.8 Å². The van der Waals surface area contributed by atoms with Crippen LogP contribution in [0.1, 0.15) is 27.1 Å². The number of nitrogens with zero attached hydrogens (tertiary/aromatic N) is 1. The van der Waals surface area contributed by atoms with Crippen LogP contribution in [0.25, 0.3) is 0 Å². The molecule has 3 amide bonds. The number of ether oxygens (including phenoxy) is 1. The molecule has 0 saturated carbocycles. The number of methoxy groups -OCH3 is 1. The molecule has 0 unspecified atom stereocenters. The highest BCUT2D eigenvalue weighted by Gasteiger charge is 2.35. The van der Waals surface area contributed by atoms with E-state index in [-0.39, 0.29) is 24.4 Å². The first-order valence-corrected chi connectivity index (χ1v) is 6.83. The quantitative estimate of drug-likeness (QED) is 0.630. The van der Waals surface area contributed by atoms with Gasteiger partial charge in [0.1, 0.15) is 0 Å². The van der Waals surface area contributed by atoms with Crippen LogP contribution in [-0.4, -0.2) is 49.4 Å². The van der Waals surface area contributed by atoms with Crippen molar-refractivity contribution in [2.45, 2.75) is 6.42 Å². The lowest BCUT2D eigenvalue weighted by Crippen LogP contribution is -2.35. The Hall–Kier alpha value is -1.92. The number of halogens is 1. The van der Waals surface area contributed by atoms with Crippen LogP contribution >= 0.6 is 11.6 Å². The minimum absolute atomic E-state index is 0.0444. The van der Waals surface area contributed by atoms with E-state index in [0.717, 1.165) is 4.90 Å². The van der Waals surface area contributed by atoms with E-state index in [1.54, 1.807) is 6.07 Å². The maximum Gasteiger partial charge on any atom is 0.261 e. The predicted octanol–water partition coefficient (Wildman–Crippen LogP) is 1.09. The molecule has 0 aromatic heterocycles. The van der Waals surface area contributed by atoms with Crippen LogP contribution in [0.2, 0.25) is 5.02 Å². The lowest BCUT2D eigenvalue weighted by molar-refractivity contribution is -0.121. The van der Waals surface area contributed by atoms with E-state index in [9.17, 15) is 14.4 Å². The highest BCUT2D eigenvalue weighted by atomic mass is 35.5. The van der Waals surface area contributed by atoms with E-state index in [1.807, 2.05) is 0 Å². The van der Waals surface area contributed by atoms with Gasteiger partial charge in [-0.05, 0) is 18.2 Å². The molecule has 0 fully saturated rings. The number of imide groups is 1. The molecule has 6 nitrogen and oxygen atoms in total. The Bertz CT molecular complexity index is 588. The molecule has 0 spiro atoms. The Balaban J connectivity index is 1.96. The van der Waals surface area contributed by atoms with Gasteiger partial charge in [-0.3, -0.25) is 19.3 Å². The predicted molar refractivity (Wildman–Crippen MR) is 76.3 cm³/mol. The molecule has 0 saturated heterocycles. The lowest BCUT2D eigenvalue weighted by atomic mass is 10.1. The molecule has 1 heterocycles. The topological polar surface area (TPSA) is 75.7 Å². The third-order valence-corrected chi connectivity index (χ3v) is 3.36. The standard InChI is InChI=1S/C14H15ClN2O4/c1-21-7-5-16-12(18)4-6-17-13(19)10-3-2-9(15)8-11(10)14(17)20/h2-3,8H,4-7H2,1H3,(H,16,18). The second-order valence-corrected chi connectivity index (χ2v) is 4.98. The largest absolute Gasteiger partial charge is 0.383 e. The Morgan fingerprint density at radius 2 is 2.00 bits per heavy atom. The van der Waals surface area contributed by atoms with Crippen molar-refractivity contribution >= 4 is 29.3 Å². The number of carbonyl (C=O) groups is 3. The molecule has 1 N–H and O–H groups in total. The fourth-order valence-corrected chi connectivity index (χ4v) is 2.23. The number of nitrogens with one attached hydrogen (secondary N) is 1. The Labute approximate surface area is 127 Å². The molecule has 1 aliphatic heterocycles. The minimum Gasteiger partial charge on any atom is -0.383 e. The number of carbonyl (C=O) groups excluding carboxylic acids is 3. The van der Waals surface area contributed by atoms with Crippen molar-refractivity contribution in [2.24, 2.45) is 0 Å². The van der Waals surface area contributed by atoms with Crippen molar-refractivity contribution in [1.29, 1.82) is 0 Å². The summed E-state index contributed by atoms with van der Waals surface area (Å²) in [6.45, 7) is 0.854. The van der Waals surface area contributed by atoms with Crippen molar-refractivity contribution in [3.63, 3.8) is 0 Å². The molecule has 1 aromatic carbocycles. The monoisotopic (exact) mass is 310 g/mol. The van der Waals surface area contributed by atoms with E-state index in [4.69, 9.17) is 16.3 Å². The third kappa shape index (κ3) is 3.40. The summed E-state index contributed by atoms with van der Waals surface area (Å²) in [6.07, 6.45) is 0.0584. The van der Waals surface area contributed by atoms with Crippen molar-refractivity contribution in [1.82, 2.24) is 10.2 Å². The van der Waals surface area contributed by atoms with Gasteiger partial charge in [0.15, 0.2) is 0 Å². The highest BCUT2D eigenvalue weighted by molar-refractivity contribution is 6.32. The molecule has 0 aliphatic carbocycles. The Morgan fingerprint density at radius 1 is 1.29 bits per heavy atom. The first kappa shape index (κ1) is 15.5. The minimum atomic E-state index is -0.415. The number of rotatable bonds is 6. The van der Waals surface area contributed by atoms with Crippen molar-refractivity contribution in [3.8, 4) is 0 Å². The molecule has 7 heteroatoms. The van der Waals surface area contributed by atoms with Crippen LogP contribution in [0.15, 0.2) is 18.2 Å². The molecule has 2 rings (SSSR count). The molecule has 0 atom stereocenters. The second kappa shape index (κ2) is 6.69. The van der Waals surface area contributed by atoms with Crippen molar-refractivity contribution in [3.05, 3.63) is 34.3 Å². The fourth-order valence-electron chi connectivity index (χ4n) is 2.06. The van der Waals surface area contributed by atoms with Gasteiger partial charge in [0.2, 0.25) is 5.91 Å². The summed E-state index contributed by atoms with van der Waals surface area (Å²) in [6, 6.07) is 4.55. The second-order valence-electron chi connectivity index (χ2n) is 4.54. The number of benzene rings is 1. The Kier molecular flexibility index (Phi) is 4.93. The number of amides is 3. The molecule has 0 radical (unpaired) electrons. The maximum atomic E-state index is 12.1. The molecule has 0 bridgehead atoms. The summed E-state index contributed by atoms with van der Waals surface area (Å²) >= 11 is 5.82. The molecule has 1 aromatic rings. The molecule has 21 heavy (non-hydrogen) atoms. The van der Waals surface area contributed by atoms with Gasteiger partial charge in [-0.25, -0.2) is 0 Å². The first-order valence-electron chi connectivity index (χ1n) is 6.46. The molecule has 112 valence electrons. The van der Waals surface area contributed by atoms with E-state index in [2.05, 4.69) is 5.32 Å². The summed E-state index contributed by atoms with van der Waals surface area (Å²) in [5.74, 6) is -1.04. The van der Waals surface area contributed by atoms with Gasteiger partial charge < -0.3 is 10.1 Å². The normalized spacial score (nSPS) is 13.5. The van der Waals surface area contributed by atoms with Gasteiger partial charge in [0.05, 0.1) is 17.7 Å². The van der Waals surface area contributed by atoms with Crippen molar-refractivity contribution in [2.75, 3.05) is 26.8 Å².